The van der Waals surface area contributed by atoms with Crippen LogP contribution >= 0.6 is 0 Å². The van der Waals surface area contributed by atoms with Crippen molar-refractivity contribution in [3.05, 3.63) is 39.7 Å². The molecule has 134 valence electrons. The van der Waals surface area contributed by atoms with Crippen molar-refractivity contribution in [2.45, 2.75) is 65.1 Å². The number of ether oxygens (including phenoxy) is 2. The molecule has 2 atom stereocenters. The summed E-state index contributed by atoms with van der Waals surface area (Å²) >= 11 is 0. The highest BCUT2D eigenvalue weighted by atomic mass is 16.6. The molecular formula is C20H24O5. The molecule has 5 nitrogen and oxygen atoms in total. The lowest BCUT2D eigenvalue weighted by atomic mass is 9.91. The largest absolute Gasteiger partial charge is 0.479 e. The highest BCUT2D eigenvalue weighted by molar-refractivity contribution is 5.83. The summed E-state index contributed by atoms with van der Waals surface area (Å²) in [6, 6.07) is 5.40. The van der Waals surface area contributed by atoms with Gasteiger partial charge in [0.05, 0.1) is 6.10 Å². The average Bonchev–Trinajstić information content (AvgIpc) is 2.61. The third kappa shape index (κ3) is 3.70. The summed E-state index contributed by atoms with van der Waals surface area (Å²) < 4.78 is 16.4. The minimum absolute atomic E-state index is 0.139. The van der Waals surface area contributed by atoms with Crippen LogP contribution in [0.25, 0.3) is 11.0 Å². The lowest BCUT2D eigenvalue weighted by Crippen LogP contribution is -2.29. The monoisotopic (exact) mass is 344 g/mol. The Kier molecular flexibility index (Phi) is 5.11. The van der Waals surface area contributed by atoms with E-state index in [4.69, 9.17) is 13.9 Å². The van der Waals surface area contributed by atoms with E-state index < -0.39 is 12.1 Å². The maximum Gasteiger partial charge on any atom is 0.347 e. The van der Waals surface area contributed by atoms with Crippen molar-refractivity contribution < 1.29 is 18.7 Å². The van der Waals surface area contributed by atoms with Crippen molar-refractivity contribution in [2.75, 3.05) is 0 Å². The van der Waals surface area contributed by atoms with Crippen LogP contribution in [0.15, 0.2) is 27.4 Å². The second kappa shape index (κ2) is 7.30. The number of hydrogen-bond donors (Lipinski definition) is 0. The maximum atomic E-state index is 12.2. The first-order chi connectivity index (χ1) is 12.0. The van der Waals surface area contributed by atoms with Gasteiger partial charge in [-0.3, -0.25) is 0 Å². The van der Waals surface area contributed by atoms with Gasteiger partial charge >= 0.3 is 11.6 Å². The van der Waals surface area contributed by atoms with E-state index in [9.17, 15) is 9.59 Å². The molecule has 0 bridgehead atoms. The van der Waals surface area contributed by atoms with E-state index >= 15 is 0 Å². The molecule has 0 saturated carbocycles. The fraction of sp³-hybridized carbons (Fsp3) is 0.500. The zero-order valence-electron chi connectivity index (χ0n) is 15.0. The highest BCUT2D eigenvalue weighted by Crippen LogP contribution is 2.29. The molecule has 0 saturated heterocycles. The molecule has 0 amide bonds. The maximum absolute atomic E-state index is 12.2. The molecule has 3 rings (SSSR count). The topological polar surface area (TPSA) is 65.7 Å². The first kappa shape index (κ1) is 17.5. The highest BCUT2D eigenvalue weighted by Gasteiger charge is 2.21. The fourth-order valence-electron chi connectivity index (χ4n) is 3.13. The normalized spacial score (nSPS) is 16.1. The Bertz CT molecular complexity index is 836. The van der Waals surface area contributed by atoms with E-state index in [2.05, 4.69) is 0 Å². The number of rotatable bonds is 5. The van der Waals surface area contributed by atoms with Gasteiger partial charge in [0.15, 0.2) is 6.10 Å². The van der Waals surface area contributed by atoms with Crippen LogP contribution in [-0.4, -0.2) is 18.2 Å². The van der Waals surface area contributed by atoms with E-state index in [0.29, 0.717) is 11.3 Å². The summed E-state index contributed by atoms with van der Waals surface area (Å²) in [6.45, 7) is 5.45. The Morgan fingerprint density at radius 1 is 1.20 bits per heavy atom. The van der Waals surface area contributed by atoms with Gasteiger partial charge in [-0.2, -0.15) is 0 Å². The lowest BCUT2D eigenvalue weighted by molar-refractivity contribution is -0.155. The number of benzene rings is 1. The molecular weight excluding hydrogens is 320 g/mol. The average molecular weight is 344 g/mol. The molecule has 1 heterocycles. The van der Waals surface area contributed by atoms with Crippen LogP contribution in [0.4, 0.5) is 0 Å². The molecule has 1 aliphatic rings. The van der Waals surface area contributed by atoms with Gasteiger partial charge in [-0.1, -0.05) is 6.92 Å². The second-order valence-electron chi connectivity index (χ2n) is 6.63. The molecule has 0 unspecified atom stereocenters. The zero-order chi connectivity index (χ0) is 18.0. The van der Waals surface area contributed by atoms with Crippen molar-refractivity contribution in [1.82, 2.24) is 0 Å². The summed E-state index contributed by atoms with van der Waals surface area (Å²) in [7, 11) is 0. The van der Waals surface area contributed by atoms with Gasteiger partial charge in [-0.15, -0.1) is 0 Å². The molecule has 1 aromatic heterocycles. The van der Waals surface area contributed by atoms with Crippen LogP contribution in [0.2, 0.25) is 0 Å². The van der Waals surface area contributed by atoms with Crippen LogP contribution in [0.3, 0.4) is 0 Å². The van der Waals surface area contributed by atoms with Crippen molar-refractivity contribution in [1.29, 1.82) is 0 Å². The molecule has 1 aromatic carbocycles. The number of carbonyl (C=O) groups excluding carboxylic acids is 1. The molecule has 0 N–H and O–H groups in total. The van der Waals surface area contributed by atoms with Crippen LogP contribution in [0, 0.1) is 0 Å². The zero-order valence-corrected chi connectivity index (χ0v) is 15.0. The van der Waals surface area contributed by atoms with Gasteiger partial charge in [0, 0.05) is 17.0 Å². The van der Waals surface area contributed by atoms with E-state index in [0.717, 1.165) is 48.6 Å². The minimum atomic E-state index is -0.726. The van der Waals surface area contributed by atoms with Gasteiger partial charge in [-0.25, -0.2) is 9.59 Å². The molecule has 0 spiro atoms. The fourth-order valence-corrected chi connectivity index (χ4v) is 3.13. The summed E-state index contributed by atoms with van der Waals surface area (Å²) in [5, 5.41) is 0.955. The van der Waals surface area contributed by atoms with Crippen LogP contribution in [0.5, 0.6) is 5.75 Å². The van der Waals surface area contributed by atoms with Gasteiger partial charge in [-0.05, 0) is 63.6 Å². The van der Waals surface area contributed by atoms with Gasteiger partial charge < -0.3 is 13.9 Å². The molecule has 5 heteroatoms. The predicted molar refractivity (Wildman–Crippen MR) is 95.1 cm³/mol. The smallest absolute Gasteiger partial charge is 0.347 e. The standard InChI is InChI=1S/C20H24O5/c1-4-12(2)23-19(21)13(3)24-14-9-10-16-15-7-5-6-8-17(15)20(22)25-18(16)11-14/h9-13H,4-8H2,1-3H3/t12-,13+/m1/s1. The Hall–Kier alpha value is -2.30. The Labute approximate surface area is 146 Å². The number of esters is 1. The Morgan fingerprint density at radius 2 is 1.92 bits per heavy atom. The third-order valence-corrected chi connectivity index (χ3v) is 4.73. The molecule has 25 heavy (non-hydrogen) atoms. The first-order valence-corrected chi connectivity index (χ1v) is 8.95. The Morgan fingerprint density at radius 3 is 2.64 bits per heavy atom. The quantitative estimate of drug-likeness (QED) is 0.610. The number of aryl methyl sites for hydroxylation is 1. The summed E-state index contributed by atoms with van der Waals surface area (Å²) in [6.07, 6.45) is 3.68. The molecule has 0 aliphatic heterocycles. The SMILES string of the molecule is CC[C@@H](C)OC(=O)[C@H](C)Oc1ccc2c3c(c(=O)oc2c1)CCCC3. The van der Waals surface area contributed by atoms with E-state index in [-0.39, 0.29) is 11.7 Å². The van der Waals surface area contributed by atoms with Crippen LogP contribution < -0.4 is 10.4 Å². The minimum Gasteiger partial charge on any atom is -0.479 e. The third-order valence-electron chi connectivity index (χ3n) is 4.73. The number of hydrogen-bond acceptors (Lipinski definition) is 5. The van der Waals surface area contributed by atoms with Gasteiger partial charge in [0.1, 0.15) is 11.3 Å². The first-order valence-electron chi connectivity index (χ1n) is 8.95. The van der Waals surface area contributed by atoms with Gasteiger partial charge in [0.2, 0.25) is 0 Å². The van der Waals surface area contributed by atoms with Gasteiger partial charge in [0.25, 0.3) is 0 Å². The molecule has 2 aromatic rings. The number of fused-ring (bicyclic) bond motifs is 3. The van der Waals surface area contributed by atoms with E-state index in [1.807, 2.05) is 26.0 Å². The van der Waals surface area contributed by atoms with Crippen LogP contribution in [-0.2, 0) is 22.4 Å². The molecule has 0 radical (unpaired) electrons. The van der Waals surface area contributed by atoms with Crippen LogP contribution in [0.1, 0.15) is 51.2 Å². The second-order valence-corrected chi connectivity index (χ2v) is 6.63. The molecule has 1 aliphatic carbocycles. The summed E-state index contributed by atoms with van der Waals surface area (Å²) in [5.74, 6) is 0.0846. The van der Waals surface area contributed by atoms with E-state index in [1.165, 1.54) is 0 Å². The van der Waals surface area contributed by atoms with Crippen molar-refractivity contribution in [3.63, 3.8) is 0 Å². The summed E-state index contributed by atoms with van der Waals surface area (Å²) in [5.41, 5.74) is 2.14. The summed E-state index contributed by atoms with van der Waals surface area (Å²) in [4.78, 5) is 24.2. The van der Waals surface area contributed by atoms with Crippen molar-refractivity contribution in [3.8, 4) is 5.75 Å². The number of carbonyl (C=O) groups is 1. The van der Waals surface area contributed by atoms with Crippen molar-refractivity contribution >= 4 is 16.9 Å². The predicted octanol–water partition coefficient (Wildman–Crippen LogP) is 3.78. The van der Waals surface area contributed by atoms with E-state index in [1.54, 1.807) is 13.0 Å². The lowest BCUT2D eigenvalue weighted by Gasteiger charge is -2.18. The van der Waals surface area contributed by atoms with Crippen molar-refractivity contribution in [2.24, 2.45) is 0 Å². The molecule has 0 fully saturated rings. The Balaban J connectivity index is 1.84.